The summed E-state index contributed by atoms with van der Waals surface area (Å²) in [6.45, 7) is 6.00. The molecule has 5 nitrogen and oxygen atoms in total. The van der Waals surface area contributed by atoms with E-state index >= 15 is 0 Å². The average molecular weight is 321 g/mol. The van der Waals surface area contributed by atoms with Crippen molar-refractivity contribution in [3.8, 4) is 0 Å². The van der Waals surface area contributed by atoms with E-state index in [9.17, 15) is 9.59 Å². The van der Waals surface area contributed by atoms with E-state index in [1.54, 1.807) is 24.3 Å². The third kappa shape index (κ3) is 2.80. The van der Waals surface area contributed by atoms with Gasteiger partial charge in [-0.15, -0.1) is 0 Å². The second kappa shape index (κ2) is 6.66. The lowest BCUT2D eigenvalue weighted by molar-refractivity contribution is 0.866. The molecule has 0 aliphatic carbocycles. The Morgan fingerprint density at radius 1 is 0.917 bits per heavy atom. The summed E-state index contributed by atoms with van der Waals surface area (Å²) >= 11 is 0. The topological polar surface area (TPSA) is 61.8 Å². The van der Waals surface area contributed by atoms with Crippen molar-refractivity contribution in [3.05, 3.63) is 74.3 Å². The maximum absolute atomic E-state index is 12.3. The van der Waals surface area contributed by atoms with Gasteiger partial charge in [0.05, 0.1) is 5.69 Å². The fourth-order valence-electron chi connectivity index (χ4n) is 2.82. The van der Waals surface area contributed by atoms with Crippen LogP contribution in [0.1, 0.15) is 13.8 Å². The second-order valence-corrected chi connectivity index (χ2v) is 5.50. The molecule has 122 valence electrons. The molecule has 1 N–H and O–H groups in total. The highest BCUT2D eigenvalue weighted by molar-refractivity contribution is 5.83. The highest BCUT2D eigenvalue weighted by atomic mass is 16.1. The molecule has 0 fully saturated rings. The van der Waals surface area contributed by atoms with E-state index in [0.29, 0.717) is 10.8 Å². The Balaban J connectivity index is 1.99. The predicted octanol–water partition coefficient (Wildman–Crippen LogP) is 2.21. The van der Waals surface area contributed by atoms with Gasteiger partial charge in [-0.1, -0.05) is 30.3 Å². The number of anilines is 2. The van der Waals surface area contributed by atoms with Crippen molar-refractivity contribution >= 4 is 22.1 Å². The zero-order valence-electron chi connectivity index (χ0n) is 13.7. The van der Waals surface area contributed by atoms with Crippen LogP contribution < -0.4 is 26.5 Å². The minimum Gasteiger partial charge on any atom is -0.372 e. The summed E-state index contributed by atoms with van der Waals surface area (Å²) in [6, 6.07) is 14.5. The number of hydrogen-bond acceptors (Lipinski definition) is 5. The molecule has 5 heteroatoms. The van der Waals surface area contributed by atoms with Gasteiger partial charge in [-0.25, -0.2) is 0 Å². The van der Waals surface area contributed by atoms with Crippen LogP contribution in [0.2, 0.25) is 0 Å². The Morgan fingerprint density at radius 3 is 2.12 bits per heavy atom. The first-order valence-electron chi connectivity index (χ1n) is 8.02. The predicted molar refractivity (Wildman–Crippen MR) is 98.0 cm³/mol. The quantitative estimate of drug-likeness (QED) is 0.732. The van der Waals surface area contributed by atoms with E-state index in [2.05, 4.69) is 29.3 Å². The van der Waals surface area contributed by atoms with Crippen molar-refractivity contribution in [2.75, 3.05) is 23.4 Å². The van der Waals surface area contributed by atoms with Crippen molar-refractivity contribution in [2.45, 2.75) is 13.8 Å². The van der Waals surface area contributed by atoms with Crippen LogP contribution in [-0.2, 0) is 0 Å². The summed E-state index contributed by atoms with van der Waals surface area (Å²) in [4.78, 5) is 26.8. The highest BCUT2D eigenvalue weighted by Gasteiger charge is 2.10. The molecule has 0 atom stereocenters. The molecule has 3 rings (SSSR count). The maximum Gasteiger partial charge on any atom is 0.217 e. The molecule has 3 aromatic rings. The molecule has 0 saturated carbocycles. The number of nitrogens with one attached hydrogen (secondary N) is 1. The minimum absolute atomic E-state index is 0.0653. The lowest BCUT2D eigenvalue weighted by Crippen LogP contribution is -2.32. The van der Waals surface area contributed by atoms with Gasteiger partial charge in [0.15, 0.2) is 5.36 Å². The van der Waals surface area contributed by atoms with Crippen LogP contribution in [0.5, 0.6) is 0 Å². The first-order chi connectivity index (χ1) is 11.7. The van der Waals surface area contributed by atoms with Crippen molar-refractivity contribution in [1.82, 2.24) is 0 Å². The number of fused-ring (bicyclic) bond motifs is 1. The smallest absolute Gasteiger partial charge is 0.217 e. The zero-order chi connectivity index (χ0) is 17.1. The lowest BCUT2D eigenvalue weighted by atomic mass is 10.2. The van der Waals surface area contributed by atoms with Crippen LogP contribution in [0, 0.1) is 0 Å². The Bertz CT molecular complexity index is 963. The van der Waals surface area contributed by atoms with Gasteiger partial charge in [-0.2, -0.15) is 5.10 Å². The molecule has 0 spiro atoms. The third-order valence-corrected chi connectivity index (χ3v) is 4.12. The Hall–Kier alpha value is -2.95. The van der Waals surface area contributed by atoms with Gasteiger partial charge in [0.25, 0.3) is 0 Å². The van der Waals surface area contributed by atoms with Crippen molar-refractivity contribution in [2.24, 2.45) is 5.10 Å². The van der Waals surface area contributed by atoms with Crippen LogP contribution in [-0.4, -0.2) is 13.1 Å². The summed E-state index contributed by atoms with van der Waals surface area (Å²) in [7, 11) is 0. The number of benzene rings is 2. The number of rotatable bonds is 5. The Labute approximate surface area is 139 Å². The standard InChI is InChI=1S/C19H19N3O2/c1-3-22(4-2)14-9-7-8-13(12-14)20-21-17-18(23)15-10-5-6-11-16(15)19(17)24/h5-12,20H,3-4H2,1-2H3. The van der Waals surface area contributed by atoms with Crippen molar-refractivity contribution in [1.29, 1.82) is 0 Å². The molecule has 0 aliphatic heterocycles. The van der Waals surface area contributed by atoms with E-state index in [-0.39, 0.29) is 16.2 Å². The average Bonchev–Trinajstić information content (AvgIpc) is 2.86. The van der Waals surface area contributed by atoms with Crippen LogP contribution in [0.3, 0.4) is 0 Å². The van der Waals surface area contributed by atoms with E-state index in [4.69, 9.17) is 0 Å². The number of nitrogens with zero attached hydrogens (tertiary/aromatic N) is 2. The molecule has 24 heavy (non-hydrogen) atoms. The second-order valence-electron chi connectivity index (χ2n) is 5.50. The van der Waals surface area contributed by atoms with Gasteiger partial charge in [0.1, 0.15) is 0 Å². The molecular weight excluding hydrogens is 302 g/mol. The molecule has 0 aromatic heterocycles. The van der Waals surface area contributed by atoms with E-state index in [1.807, 2.05) is 24.3 Å². The van der Waals surface area contributed by atoms with Gasteiger partial charge < -0.3 is 4.90 Å². The molecule has 0 bridgehead atoms. The van der Waals surface area contributed by atoms with Crippen LogP contribution >= 0.6 is 0 Å². The molecule has 0 saturated heterocycles. The van der Waals surface area contributed by atoms with E-state index in [1.165, 1.54) is 0 Å². The van der Waals surface area contributed by atoms with E-state index < -0.39 is 0 Å². The van der Waals surface area contributed by atoms with Crippen LogP contribution in [0.25, 0.3) is 10.8 Å². The lowest BCUT2D eigenvalue weighted by Gasteiger charge is -2.21. The molecule has 0 amide bonds. The maximum atomic E-state index is 12.3. The van der Waals surface area contributed by atoms with Gasteiger partial charge in [0.2, 0.25) is 10.9 Å². The molecular formula is C19H19N3O2. The Morgan fingerprint density at radius 2 is 1.54 bits per heavy atom. The first-order valence-corrected chi connectivity index (χ1v) is 8.02. The van der Waals surface area contributed by atoms with E-state index in [0.717, 1.165) is 24.5 Å². The zero-order valence-corrected chi connectivity index (χ0v) is 13.7. The Kier molecular flexibility index (Phi) is 4.42. The monoisotopic (exact) mass is 321 g/mol. The van der Waals surface area contributed by atoms with Crippen LogP contribution in [0.4, 0.5) is 11.4 Å². The van der Waals surface area contributed by atoms with Crippen molar-refractivity contribution < 1.29 is 0 Å². The summed E-state index contributed by atoms with van der Waals surface area (Å²) in [5.41, 5.74) is 3.99. The summed E-state index contributed by atoms with van der Waals surface area (Å²) in [5.74, 6) is 0. The molecule has 0 aliphatic rings. The fraction of sp³-hybridized carbons (Fsp3) is 0.211. The summed E-state index contributed by atoms with van der Waals surface area (Å²) in [5, 5.41) is 4.84. The molecule has 0 radical (unpaired) electrons. The fourth-order valence-corrected chi connectivity index (χ4v) is 2.82. The van der Waals surface area contributed by atoms with Crippen LogP contribution in [0.15, 0.2) is 63.2 Å². The molecule has 3 aromatic carbocycles. The normalized spacial score (nSPS) is 10.8. The largest absolute Gasteiger partial charge is 0.372 e. The van der Waals surface area contributed by atoms with Gasteiger partial charge in [-0.05, 0) is 32.0 Å². The minimum atomic E-state index is -0.331. The number of hydrogen-bond donors (Lipinski definition) is 1. The van der Waals surface area contributed by atoms with Gasteiger partial charge in [0, 0.05) is 29.5 Å². The molecule has 0 heterocycles. The van der Waals surface area contributed by atoms with Crippen molar-refractivity contribution in [3.63, 3.8) is 0 Å². The SMILES string of the molecule is CCN(CC)c1cccc(NN=c2c(=O)c3ccccc3c2=O)c1. The highest BCUT2D eigenvalue weighted by Crippen LogP contribution is 2.19. The summed E-state index contributed by atoms with van der Waals surface area (Å²) < 4.78 is 0. The molecule has 0 unspecified atom stereocenters. The first kappa shape index (κ1) is 15.9. The summed E-state index contributed by atoms with van der Waals surface area (Å²) in [6.07, 6.45) is 0. The van der Waals surface area contributed by atoms with Gasteiger partial charge in [-0.3, -0.25) is 15.0 Å². The van der Waals surface area contributed by atoms with Gasteiger partial charge >= 0.3 is 0 Å². The third-order valence-electron chi connectivity index (χ3n) is 4.12.